The molecule has 2 rings (SSSR count). The van der Waals surface area contributed by atoms with Crippen molar-refractivity contribution in [3.05, 3.63) is 51.0 Å². The number of benzene rings is 1. The van der Waals surface area contributed by atoms with Gasteiger partial charge in [-0.15, -0.1) is 0 Å². The molecule has 1 heterocycles. The van der Waals surface area contributed by atoms with E-state index >= 15 is 0 Å². The number of hydrogen-bond acceptors (Lipinski definition) is 2. The van der Waals surface area contributed by atoms with E-state index in [1.807, 2.05) is 0 Å². The van der Waals surface area contributed by atoms with Crippen molar-refractivity contribution < 1.29 is 4.79 Å². The normalized spacial score (nSPS) is 10.1. The van der Waals surface area contributed by atoms with Gasteiger partial charge in [0.1, 0.15) is 5.82 Å². The highest BCUT2D eigenvalue weighted by Crippen LogP contribution is 2.25. The van der Waals surface area contributed by atoms with Crippen molar-refractivity contribution in [1.29, 1.82) is 0 Å². The third-order valence-electron chi connectivity index (χ3n) is 2.15. The minimum absolute atomic E-state index is 0.367. The van der Waals surface area contributed by atoms with Gasteiger partial charge in [0.25, 0.3) is 0 Å². The van der Waals surface area contributed by atoms with Crippen LogP contribution in [0.4, 0.5) is 16.3 Å². The lowest BCUT2D eigenvalue weighted by molar-refractivity contribution is 0.262. The van der Waals surface area contributed by atoms with Crippen LogP contribution in [0, 0.1) is 0 Å². The number of amides is 2. The molecule has 0 saturated carbocycles. The van der Waals surface area contributed by atoms with Gasteiger partial charge in [-0.3, -0.25) is 5.32 Å². The zero-order chi connectivity index (χ0) is 13.8. The molecule has 0 unspecified atom stereocenters. The maximum absolute atomic E-state index is 11.7. The summed E-state index contributed by atoms with van der Waals surface area (Å²) in [4.78, 5) is 15.8. The van der Waals surface area contributed by atoms with Gasteiger partial charge >= 0.3 is 6.03 Å². The summed E-state index contributed by atoms with van der Waals surface area (Å²) in [5.41, 5.74) is 0.473. The first-order valence-electron chi connectivity index (χ1n) is 5.19. The molecule has 0 saturated heterocycles. The van der Waals surface area contributed by atoms with Crippen molar-refractivity contribution in [3.8, 4) is 0 Å². The monoisotopic (exact) mass is 359 g/mol. The van der Waals surface area contributed by atoms with Gasteiger partial charge in [0.05, 0.1) is 10.7 Å². The molecule has 0 aliphatic heterocycles. The van der Waals surface area contributed by atoms with Crippen LogP contribution in [-0.4, -0.2) is 11.0 Å². The lowest BCUT2D eigenvalue weighted by atomic mass is 10.3. The van der Waals surface area contributed by atoms with E-state index in [9.17, 15) is 4.79 Å². The second-order valence-electron chi connectivity index (χ2n) is 3.56. The average Bonchev–Trinajstić information content (AvgIpc) is 2.36. The fourth-order valence-electron chi connectivity index (χ4n) is 1.31. The molecular formula is C12H8BrCl2N3O. The van der Waals surface area contributed by atoms with Gasteiger partial charge in [-0.05, 0) is 46.3 Å². The Balaban J connectivity index is 2.03. The van der Waals surface area contributed by atoms with Gasteiger partial charge in [0.2, 0.25) is 0 Å². The van der Waals surface area contributed by atoms with E-state index in [2.05, 4.69) is 31.5 Å². The summed E-state index contributed by atoms with van der Waals surface area (Å²) >= 11 is 15.0. The summed E-state index contributed by atoms with van der Waals surface area (Å²) < 4.78 is 0.833. The molecule has 19 heavy (non-hydrogen) atoms. The van der Waals surface area contributed by atoms with E-state index in [0.717, 1.165) is 4.47 Å². The predicted molar refractivity (Wildman–Crippen MR) is 81.0 cm³/mol. The van der Waals surface area contributed by atoms with Gasteiger partial charge in [-0.2, -0.15) is 0 Å². The number of carbonyl (C=O) groups excluding carboxylic acids is 1. The van der Waals surface area contributed by atoms with E-state index < -0.39 is 6.03 Å². The van der Waals surface area contributed by atoms with Crippen LogP contribution in [0.25, 0.3) is 0 Å². The largest absolute Gasteiger partial charge is 0.324 e. The Labute approximate surface area is 128 Å². The van der Waals surface area contributed by atoms with Crippen LogP contribution in [0.2, 0.25) is 10.0 Å². The SMILES string of the molecule is O=C(Nc1ccc(Br)cn1)Nc1ccc(Cl)cc1Cl. The van der Waals surface area contributed by atoms with Crippen molar-refractivity contribution in [1.82, 2.24) is 4.98 Å². The lowest BCUT2D eigenvalue weighted by Crippen LogP contribution is -2.20. The molecule has 0 atom stereocenters. The highest BCUT2D eigenvalue weighted by molar-refractivity contribution is 9.10. The number of rotatable bonds is 2. The molecule has 0 aliphatic rings. The van der Waals surface area contributed by atoms with Crippen LogP contribution < -0.4 is 10.6 Å². The quantitative estimate of drug-likeness (QED) is 0.808. The molecule has 4 nitrogen and oxygen atoms in total. The van der Waals surface area contributed by atoms with Crippen molar-refractivity contribution in [3.63, 3.8) is 0 Å². The van der Waals surface area contributed by atoms with Gasteiger partial charge in [-0.1, -0.05) is 23.2 Å². The van der Waals surface area contributed by atoms with Gasteiger partial charge < -0.3 is 5.32 Å². The Hall–Kier alpha value is -1.30. The Bertz CT molecular complexity index is 604. The smallest absolute Gasteiger partial charge is 0.306 e. The topological polar surface area (TPSA) is 54.0 Å². The van der Waals surface area contributed by atoms with Crippen LogP contribution in [0.3, 0.4) is 0 Å². The first-order chi connectivity index (χ1) is 9.04. The number of halogens is 3. The number of anilines is 2. The summed E-state index contributed by atoms with van der Waals surface area (Å²) in [5, 5.41) is 6.07. The van der Waals surface area contributed by atoms with E-state index in [0.29, 0.717) is 21.6 Å². The number of nitrogens with one attached hydrogen (secondary N) is 2. The maximum atomic E-state index is 11.7. The second kappa shape index (κ2) is 6.23. The maximum Gasteiger partial charge on any atom is 0.324 e. The third kappa shape index (κ3) is 4.09. The molecule has 1 aromatic carbocycles. The van der Waals surface area contributed by atoms with Crippen molar-refractivity contribution >= 4 is 56.7 Å². The van der Waals surface area contributed by atoms with Gasteiger partial charge in [0, 0.05) is 15.7 Å². The van der Waals surface area contributed by atoms with Crippen molar-refractivity contribution in [2.75, 3.05) is 10.6 Å². The van der Waals surface area contributed by atoms with Crippen LogP contribution in [0.1, 0.15) is 0 Å². The molecular weight excluding hydrogens is 353 g/mol. The molecule has 2 aromatic rings. The molecule has 2 amide bonds. The highest BCUT2D eigenvalue weighted by Gasteiger charge is 2.07. The molecule has 98 valence electrons. The molecule has 0 spiro atoms. The van der Waals surface area contributed by atoms with E-state index in [1.165, 1.54) is 0 Å². The molecule has 0 fully saturated rings. The second-order valence-corrected chi connectivity index (χ2v) is 5.32. The number of aromatic nitrogens is 1. The number of nitrogens with zero attached hydrogens (tertiary/aromatic N) is 1. The molecule has 0 bridgehead atoms. The number of hydrogen-bond donors (Lipinski definition) is 2. The summed E-state index contributed by atoms with van der Waals surface area (Å²) in [5.74, 6) is 0.436. The van der Waals surface area contributed by atoms with E-state index in [-0.39, 0.29) is 0 Å². The first-order valence-corrected chi connectivity index (χ1v) is 6.74. The summed E-state index contributed by atoms with van der Waals surface area (Å²) in [7, 11) is 0. The van der Waals surface area contributed by atoms with Crippen molar-refractivity contribution in [2.45, 2.75) is 0 Å². The fourth-order valence-corrected chi connectivity index (χ4v) is 2.00. The molecule has 0 radical (unpaired) electrons. The molecule has 2 N–H and O–H groups in total. The minimum Gasteiger partial charge on any atom is -0.306 e. The van der Waals surface area contributed by atoms with Crippen LogP contribution in [0.5, 0.6) is 0 Å². The third-order valence-corrected chi connectivity index (χ3v) is 3.17. The summed E-state index contributed by atoms with van der Waals surface area (Å²) in [6.45, 7) is 0. The van der Waals surface area contributed by atoms with Crippen LogP contribution in [0.15, 0.2) is 41.0 Å². The Morgan fingerprint density at radius 1 is 1.16 bits per heavy atom. The predicted octanol–water partition coefficient (Wildman–Crippen LogP) is 4.79. The summed E-state index contributed by atoms with van der Waals surface area (Å²) in [6, 6.07) is 7.83. The highest BCUT2D eigenvalue weighted by atomic mass is 79.9. The zero-order valence-corrected chi connectivity index (χ0v) is 12.6. The Morgan fingerprint density at radius 2 is 1.95 bits per heavy atom. The van der Waals surface area contributed by atoms with Gasteiger partial charge in [-0.25, -0.2) is 9.78 Å². The van der Waals surface area contributed by atoms with E-state index in [4.69, 9.17) is 23.2 Å². The van der Waals surface area contributed by atoms with Crippen LogP contribution in [-0.2, 0) is 0 Å². The average molecular weight is 361 g/mol. The summed E-state index contributed by atoms with van der Waals surface area (Å²) in [6.07, 6.45) is 1.59. The molecule has 1 aromatic heterocycles. The fraction of sp³-hybridized carbons (Fsp3) is 0. The van der Waals surface area contributed by atoms with Crippen molar-refractivity contribution in [2.24, 2.45) is 0 Å². The number of urea groups is 1. The first kappa shape index (κ1) is 14.1. The minimum atomic E-state index is -0.431. The number of pyridine rings is 1. The van der Waals surface area contributed by atoms with Crippen LogP contribution >= 0.6 is 39.1 Å². The zero-order valence-electron chi connectivity index (χ0n) is 9.45. The molecule has 0 aliphatic carbocycles. The number of carbonyl (C=O) groups is 1. The standard InChI is InChI=1S/C12H8BrCl2N3O/c13-7-1-4-11(16-6-7)18-12(19)17-10-3-2-8(14)5-9(10)15/h1-6H,(H2,16,17,18,19). The Kier molecular flexibility index (Phi) is 4.63. The van der Waals surface area contributed by atoms with Gasteiger partial charge in [0.15, 0.2) is 0 Å². The Morgan fingerprint density at radius 3 is 2.58 bits per heavy atom. The lowest BCUT2D eigenvalue weighted by Gasteiger charge is -2.08. The van der Waals surface area contributed by atoms with E-state index in [1.54, 1.807) is 36.5 Å². The molecule has 7 heteroatoms.